The summed E-state index contributed by atoms with van der Waals surface area (Å²) in [5.74, 6) is 0.737. The second kappa shape index (κ2) is 5.25. The molecule has 3 atom stereocenters. The largest absolute Gasteiger partial charge is 0.394 e. The van der Waals surface area contributed by atoms with Crippen molar-refractivity contribution in [2.45, 2.75) is 70.0 Å². The second-order valence-corrected chi connectivity index (χ2v) is 6.46. The van der Waals surface area contributed by atoms with Crippen LogP contribution < -0.4 is 5.73 Å². The lowest BCUT2D eigenvalue weighted by Crippen LogP contribution is -2.54. The maximum Gasteiger partial charge on any atom is 0.0611 e. The van der Waals surface area contributed by atoms with Gasteiger partial charge in [-0.2, -0.15) is 0 Å². The molecule has 3 unspecified atom stereocenters. The average Bonchev–Trinajstić information content (AvgIpc) is 2.78. The molecule has 2 rings (SSSR count). The number of nitrogens with zero attached hydrogens (tertiary/aromatic N) is 1. The third kappa shape index (κ3) is 2.83. The minimum Gasteiger partial charge on any atom is -0.394 e. The highest BCUT2D eigenvalue weighted by atomic mass is 16.3. The SMILES string of the molecule is CC(C)C1CCCN1C1CCCC(N)(CO)C1. The lowest BCUT2D eigenvalue weighted by Gasteiger charge is -2.43. The average molecular weight is 240 g/mol. The van der Waals surface area contributed by atoms with Crippen LogP contribution in [0.1, 0.15) is 52.4 Å². The fraction of sp³-hybridized carbons (Fsp3) is 1.00. The quantitative estimate of drug-likeness (QED) is 0.790. The van der Waals surface area contributed by atoms with Gasteiger partial charge >= 0.3 is 0 Å². The van der Waals surface area contributed by atoms with Crippen LogP contribution in [0.25, 0.3) is 0 Å². The van der Waals surface area contributed by atoms with Gasteiger partial charge in [0, 0.05) is 17.6 Å². The third-order valence-electron chi connectivity index (χ3n) is 4.75. The number of hydrogen-bond donors (Lipinski definition) is 2. The van der Waals surface area contributed by atoms with Crippen molar-refractivity contribution in [3.8, 4) is 0 Å². The van der Waals surface area contributed by atoms with Crippen molar-refractivity contribution in [1.29, 1.82) is 0 Å². The normalized spacial score (nSPS) is 40.1. The monoisotopic (exact) mass is 240 g/mol. The van der Waals surface area contributed by atoms with Gasteiger partial charge in [0.15, 0.2) is 0 Å². The number of aliphatic hydroxyl groups is 1. The Bertz CT molecular complexity index is 257. The molecule has 17 heavy (non-hydrogen) atoms. The standard InChI is InChI=1S/C14H28N2O/c1-11(2)13-6-4-8-16(13)12-5-3-7-14(15,9-12)10-17/h11-13,17H,3-10,15H2,1-2H3. The summed E-state index contributed by atoms with van der Waals surface area (Å²) in [5.41, 5.74) is 5.95. The molecule has 0 aromatic carbocycles. The van der Waals surface area contributed by atoms with Gasteiger partial charge in [-0.3, -0.25) is 4.90 Å². The van der Waals surface area contributed by atoms with E-state index < -0.39 is 0 Å². The van der Waals surface area contributed by atoms with E-state index in [4.69, 9.17) is 5.73 Å². The molecule has 100 valence electrons. The Balaban J connectivity index is 2.01. The second-order valence-electron chi connectivity index (χ2n) is 6.46. The van der Waals surface area contributed by atoms with Crippen molar-refractivity contribution < 1.29 is 5.11 Å². The van der Waals surface area contributed by atoms with Gasteiger partial charge in [0.2, 0.25) is 0 Å². The van der Waals surface area contributed by atoms with E-state index in [1.165, 1.54) is 32.2 Å². The van der Waals surface area contributed by atoms with Crippen molar-refractivity contribution in [2.75, 3.05) is 13.2 Å². The van der Waals surface area contributed by atoms with Crippen LogP contribution in [-0.4, -0.2) is 40.8 Å². The molecular formula is C14H28N2O. The van der Waals surface area contributed by atoms with Gasteiger partial charge in [0.25, 0.3) is 0 Å². The molecule has 3 heteroatoms. The van der Waals surface area contributed by atoms with Crippen molar-refractivity contribution in [2.24, 2.45) is 11.7 Å². The first kappa shape index (κ1) is 13.3. The molecule has 0 amide bonds. The first-order valence-electron chi connectivity index (χ1n) is 7.21. The molecule has 0 aromatic heterocycles. The lowest BCUT2D eigenvalue weighted by molar-refractivity contribution is 0.0625. The molecule has 1 aliphatic carbocycles. The molecular weight excluding hydrogens is 212 g/mol. The Morgan fingerprint density at radius 3 is 2.76 bits per heavy atom. The van der Waals surface area contributed by atoms with Crippen LogP contribution in [0.3, 0.4) is 0 Å². The molecule has 1 heterocycles. The van der Waals surface area contributed by atoms with Crippen LogP contribution in [0.4, 0.5) is 0 Å². The maximum absolute atomic E-state index is 9.44. The highest BCUT2D eigenvalue weighted by Gasteiger charge is 2.39. The van der Waals surface area contributed by atoms with Crippen LogP contribution in [0.15, 0.2) is 0 Å². The number of nitrogens with two attached hydrogens (primary N) is 1. The molecule has 3 nitrogen and oxygen atoms in total. The Hall–Kier alpha value is -0.120. The summed E-state index contributed by atoms with van der Waals surface area (Å²) in [4.78, 5) is 2.68. The lowest BCUT2D eigenvalue weighted by atomic mass is 9.79. The molecule has 1 saturated carbocycles. The number of hydrogen-bond acceptors (Lipinski definition) is 3. The van der Waals surface area contributed by atoms with Gasteiger partial charge in [-0.25, -0.2) is 0 Å². The van der Waals surface area contributed by atoms with Gasteiger partial charge in [-0.05, 0) is 51.0 Å². The topological polar surface area (TPSA) is 49.5 Å². The fourth-order valence-corrected chi connectivity index (χ4v) is 3.77. The van der Waals surface area contributed by atoms with Gasteiger partial charge < -0.3 is 10.8 Å². The van der Waals surface area contributed by atoms with Crippen molar-refractivity contribution in [3.63, 3.8) is 0 Å². The summed E-state index contributed by atoms with van der Waals surface area (Å²) in [6, 6.07) is 1.34. The molecule has 0 aromatic rings. The van der Waals surface area contributed by atoms with Crippen LogP contribution in [0, 0.1) is 5.92 Å². The molecule has 0 radical (unpaired) electrons. The Labute approximate surface area is 105 Å². The molecule has 1 saturated heterocycles. The first-order chi connectivity index (χ1) is 8.06. The minimum absolute atomic E-state index is 0.143. The minimum atomic E-state index is -0.312. The van der Waals surface area contributed by atoms with Crippen LogP contribution in [0.5, 0.6) is 0 Å². The van der Waals surface area contributed by atoms with Crippen LogP contribution in [0.2, 0.25) is 0 Å². The van der Waals surface area contributed by atoms with E-state index in [1.807, 2.05) is 0 Å². The summed E-state index contributed by atoms with van der Waals surface area (Å²) in [7, 11) is 0. The van der Waals surface area contributed by atoms with Crippen molar-refractivity contribution >= 4 is 0 Å². The Kier molecular flexibility index (Phi) is 4.11. The number of likely N-dealkylation sites (tertiary alicyclic amines) is 1. The molecule has 1 aliphatic heterocycles. The Morgan fingerprint density at radius 1 is 1.35 bits per heavy atom. The zero-order chi connectivity index (χ0) is 12.5. The van der Waals surface area contributed by atoms with Crippen molar-refractivity contribution in [3.05, 3.63) is 0 Å². The smallest absolute Gasteiger partial charge is 0.0611 e. The van der Waals surface area contributed by atoms with E-state index >= 15 is 0 Å². The molecule has 2 aliphatic rings. The Morgan fingerprint density at radius 2 is 2.12 bits per heavy atom. The van der Waals surface area contributed by atoms with Crippen LogP contribution >= 0.6 is 0 Å². The first-order valence-corrected chi connectivity index (χ1v) is 7.21. The summed E-state index contributed by atoms with van der Waals surface area (Å²) >= 11 is 0. The zero-order valence-electron chi connectivity index (χ0n) is 11.4. The highest BCUT2D eigenvalue weighted by Crippen LogP contribution is 2.35. The summed E-state index contributed by atoms with van der Waals surface area (Å²) in [6.07, 6.45) is 7.07. The van der Waals surface area contributed by atoms with Gasteiger partial charge in [-0.15, -0.1) is 0 Å². The van der Waals surface area contributed by atoms with E-state index in [9.17, 15) is 5.11 Å². The van der Waals surface area contributed by atoms with Crippen molar-refractivity contribution in [1.82, 2.24) is 4.90 Å². The molecule has 0 spiro atoms. The van der Waals surface area contributed by atoms with Gasteiger partial charge in [0.1, 0.15) is 0 Å². The van der Waals surface area contributed by atoms with Gasteiger partial charge in [-0.1, -0.05) is 13.8 Å². The number of rotatable bonds is 3. The summed E-state index contributed by atoms with van der Waals surface area (Å²) < 4.78 is 0. The molecule has 0 bridgehead atoms. The third-order valence-corrected chi connectivity index (χ3v) is 4.75. The predicted molar refractivity (Wildman–Crippen MR) is 70.8 cm³/mol. The van der Waals surface area contributed by atoms with E-state index in [-0.39, 0.29) is 12.1 Å². The summed E-state index contributed by atoms with van der Waals surface area (Å²) in [5, 5.41) is 9.44. The molecule has 3 N–H and O–H groups in total. The molecule has 2 fully saturated rings. The van der Waals surface area contributed by atoms with Gasteiger partial charge in [0.05, 0.1) is 6.61 Å². The highest BCUT2D eigenvalue weighted by molar-refractivity contribution is 4.97. The fourth-order valence-electron chi connectivity index (χ4n) is 3.77. The predicted octanol–water partition coefficient (Wildman–Crippen LogP) is 1.74. The van der Waals surface area contributed by atoms with E-state index in [1.54, 1.807) is 0 Å². The zero-order valence-corrected chi connectivity index (χ0v) is 11.4. The van der Waals surface area contributed by atoms with E-state index in [2.05, 4.69) is 18.7 Å². The summed E-state index contributed by atoms with van der Waals surface area (Å²) in [6.45, 7) is 6.03. The van der Waals surface area contributed by atoms with E-state index in [0.29, 0.717) is 6.04 Å². The number of aliphatic hydroxyl groups excluding tert-OH is 1. The van der Waals surface area contributed by atoms with E-state index in [0.717, 1.165) is 24.8 Å². The maximum atomic E-state index is 9.44. The van der Waals surface area contributed by atoms with Crippen LogP contribution in [-0.2, 0) is 0 Å².